The van der Waals surface area contributed by atoms with Crippen molar-refractivity contribution in [1.82, 2.24) is 14.8 Å². The minimum absolute atomic E-state index is 0.00658. The van der Waals surface area contributed by atoms with E-state index in [4.69, 9.17) is 9.47 Å². The first-order chi connectivity index (χ1) is 18.3. The van der Waals surface area contributed by atoms with Crippen LogP contribution < -0.4 is 5.32 Å². The lowest BCUT2D eigenvalue weighted by atomic mass is 9.99. The van der Waals surface area contributed by atoms with Crippen LogP contribution >= 0.6 is 0 Å². The van der Waals surface area contributed by atoms with Gasteiger partial charge in [0.1, 0.15) is 0 Å². The quantitative estimate of drug-likeness (QED) is 0.473. The number of alkyl halides is 6. The van der Waals surface area contributed by atoms with Gasteiger partial charge < -0.3 is 24.5 Å². The van der Waals surface area contributed by atoms with Gasteiger partial charge in [-0.3, -0.25) is 9.69 Å². The zero-order chi connectivity index (χ0) is 28.4. The van der Waals surface area contributed by atoms with Crippen molar-refractivity contribution in [3.63, 3.8) is 0 Å². The van der Waals surface area contributed by atoms with Crippen LogP contribution in [0, 0.1) is 6.92 Å². The molecular weight excluding hydrogens is 532 g/mol. The van der Waals surface area contributed by atoms with Gasteiger partial charge in [0.2, 0.25) is 0 Å². The molecule has 216 valence electrons. The van der Waals surface area contributed by atoms with Crippen LogP contribution in [-0.4, -0.2) is 78.7 Å². The molecule has 0 radical (unpaired) electrons. The number of nitrogens with one attached hydrogen (secondary N) is 1. The molecule has 0 saturated carbocycles. The summed E-state index contributed by atoms with van der Waals surface area (Å²) in [5.74, 6) is -0.651. The Hall–Kier alpha value is -2.61. The second kappa shape index (κ2) is 11.9. The molecule has 2 saturated heterocycles. The van der Waals surface area contributed by atoms with E-state index in [9.17, 15) is 36.2 Å². The van der Waals surface area contributed by atoms with Crippen molar-refractivity contribution in [2.45, 2.75) is 50.9 Å². The first kappa shape index (κ1) is 29.4. The molecule has 0 spiro atoms. The molecule has 0 bridgehead atoms. The van der Waals surface area contributed by atoms with Crippen LogP contribution in [0.4, 0.5) is 26.3 Å². The molecule has 1 aromatic carbocycles. The Morgan fingerprint density at radius 3 is 2.44 bits per heavy atom. The number of aromatic nitrogens is 1. The predicted octanol–water partition coefficient (Wildman–Crippen LogP) is 4.10. The van der Waals surface area contributed by atoms with E-state index in [1.165, 1.54) is 17.6 Å². The fraction of sp³-hybridized carbons (Fsp3) is 0.577. The van der Waals surface area contributed by atoms with Crippen LogP contribution in [0.15, 0.2) is 24.3 Å². The summed E-state index contributed by atoms with van der Waals surface area (Å²) in [6.07, 6.45) is -9.69. The molecule has 2 atom stereocenters. The van der Waals surface area contributed by atoms with E-state index in [-0.39, 0.29) is 36.1 Å². The van der Waals surface area contributed by atoms with Crippen molar-refractivity contribution in [3.05, 3.63) is 46.6 Å². The van der Waals surface area contributed by atoms with E-state index in [2.05, 4.69) is 5.32 Å². The number of aliphatic hydroxyl groups excluding tert-OH is 1. The largest absolute Gasteiger partial charge is 0.417 e. The van der Waals surface area contributed by atoms with Crippen LogP contribution in [0.5, 0.6) is 0 Å². The monoisotopic (exact) mass is 563 g/mol. The number of ether oxygens (including phenoxy) is 2. The average Bonchev–Trinajstić information content (AvgIpc) is 3.50. The van der Waals surface area contributed by atoms with E-state index >= 15 is 0 Å². The molecular formula is C26H31F6N3O4. The van der Waals surface area contributed by atoms with Gasteiger partial charge in [0.05, 0.1) is 42.1 Å². The number of carbonyl (C=O) groups is 1. The Kier molecular flexibility index (Phi) is 8.94. The fourth-order valence-electron chi connectivity index (χ4n) is 4.96. The van der Waals surface area contributed by atoms with Crippen LogP contribution in [-0.2, 0) is 28.4 Å². The third-order valence-electron chi connectivity index (χ3n) is 7.02. The summed E-state index contributed by atoms with van der Waals surface area (Å²) in [6.45, 7) is 4.60. The van der Waals surface area contributed by atoms with E-state index in [0.717, 1.165) is 6.42 Å². The lowest BCUT2D eigenvalue weighted by Crippen LogP contribution is -2.44. The lowest BCUT2D eigenvalue weighted by Gasteiger charge is -2.28. The molecule has 2 aromatic rings. The van der Waals surface area contributed by atoms with Gasteiger partial charge in [-0.05, 0) is 44.0 Å². The minimum Gasteiger partial charge on any atom is -0.390 e. The second-order valence-electron chi connectivity index (χ2n) is 9.81. The fourth-order valence-corrected chi connectivity index (χ4v) is 4.96. The van der Waals surface area contributed by atoms with Crippen LogP contribution in [0.3, 0.4) is 0 Å². The van der Waals surface area contributed by atoms with Crippen molar-refractivity contribution < 1.29 is 45.7 Å². The van der Waals surface area contributed by atoms with E-state index in [1.54, 1.807) is 0 Å². The summed E-state index contributed by atoms with van der Waals surface area (Å²) in [4.78, 5) is 15.1. The highest BCUT2D eigenvalue weighted by Gasteiger charge is 2.38. The predicted molar refractivity (Wildman–Crippen MR) is 129 cm³/mol. The zero-order valence-electron chi connectivity index (χ0n) is 21.4. The Balaban J connectivity index is 1.67. The van der Waals surface area contributed by atoms with E-state index < -0.39 is 41.1 Å². The van der Waals surface area contributed by atoms with Crippen LogP contribution in [0.1, 0.15) is 40.0 Å². The maximum absolute atomic E-state index is 13.9. The van der Waals surface area contributed by atoms with Crippen molar-refractivity contribution in [3.8, 4) is 11.3 Å². The smallest absolute Gasteiger partial charge is 0.390 e. The minimum atomic E-state index is -4.93. The standard InChI is InChI=1S/C26H31F6N3O4/c1-16-20(24(37)33-13-18(36)14-34-6-9-38-10-7-34)12-23(35(16)15-19-3-2-8-39-19)21-11-17(25(27,28)29)4-5-22(21)26(30,31)32/h4-5,11-12,18-19,36H,2-3,6-10,13-15H2,1H3,(H,33,37). The number of morpholine rings is 1. The molecule has 0 aliphatic carbocycles. The Morgan fingerprint density at radius 2 is 1.82 bits per heavy atom. The highest BCUT2D eigenvalue weighted by Crippen LogP contribution is 2.42. The number of amides is 1. The number of hydrogen-bond acceptors (Lipinski definition) is 5. The summed E-state index contributed by atoms with van der Waals surface area (Å²) in [6, 6.07) is 2.46. The number of β-amino-alcohol motifs (C(OH)–C–C–N with tert-alkyl or cyclic N) is 1. The molecule has 2 aliphatic rings. The SMILES string of the molecule is Cc1c(C(=O)NCC(O)CN2CCOCC2)cc(-c2cc(C(F)(F)F)ccc2C(F)(F)F)n1CC1CCCO1. The third-order valence-corrected chi connectivity index (χ3v) is 7.02. The molecule has 3 heterocycles. The number of rotatable bonds is 8. The van der Waals surface area contributed by atoms with Crippen LogP contribution in [0.2, 0.25) is 0 Å². The van der Waals surface area contributed by atoms with Gasteiger partial charge >= 0.3 is 12.4 Å². The first-order valence-corrected chi connectivity index (χ1v) is 12.7. The van der Waals surface area contributed by atoms with E-state index in [1.807, 2.05) is 4.90 Å². The summed E-state index contributed by atoms with van der Waals surface area (Å²) >= 11 is 0. The first-order valence-electron chi connectivity index (χ1n) is 12.7. The van der Waals surface area contributed by atoms with Gasteiger partial charge in [0.15, 0.2) is 0 Å². The Morgan fingerprint density at radius 1 is 1.10 bits per heavy atom. The molecule has 2 aliphatic heterocycles. The van der Waals surface area contributed by atoms with Crippen LogP contribution in [0.25, 0.3) is 11.3 Å². The zero-order valence-corrected chi connectivity index (χ0v) is 21.4. The Labute approximate surface area is 221 Å². The molecule has 7 nitrogen and oxygen atoms in total. The van der Waals surface area contributed by atoms with Gasteiger partial charge in [-0.25, -0.2) is 0 Å². The molecule has 1 amide bonds. The van der Waals surface area contributed by atoms with Crippen molar-refractivity contribution in [1.29, 1.82) is 0 Å². The molecule has 2 N–H and O–H groups in total. The molecule has 13 heteroatoms. The topological polar surface area (TPSA) is 76.0 Å². The highest BCUT2D eigenvalue weighted by atomic mass is 19.4. The maximum Gasteiger partial charge on any atom is 0.417 e. The van der Waals surface area contributed by atoms with Gasteiger partial charge in [0, 0.05) is 56.3 Å². The van der Waals surface area contributed by atoms with E-state index in [0.29, 0.717) is 64.1 Å². The molecule has 2 fully saturated rings. The number of hydrogen-bond donors (Lipinski definition) is 2. The second-order valence-corrected chi connectivity index (χ2v) is 9.81. The molecule has 1 aromatic heterocycles. The lowest BCUT2D eigenvalue weighted by molar-refractivity contribution is -0.141. The third kappa shape index (κ3) is 7.13. The maximum atomic E-state index is 13.9. The number of aliphatic hydroxyl groups is 1. The summed E-state index contributed by atoms with van der Waals surface area (Å²) in [7, 11) is 0. The summed E-state index contributed by atoms with van der Waals surface area (Å²) < 4.78 is 94.6. The van der Waals surface area contributed by atoms with Gasteiger partial charge in [0.25, 0.3) is 5.91 Å². The highest BCUT2D eigenvalue weighted by molar-refractivity contribution is 5.97. The van der Waals surface area contributed by atoms with Gasteiger partial charge in [-0.2, -0.15) is 26.3 Å². The summed E-state index contributed by atoms with van der Waals surface area (Å²) in [5.41, 5.74) is -3.02. The number of halogens is 6. The normalized spacial score (nSPS) is 19.8. The van der Waals surface area contributed by atoms with Crippen molar-refractivity contribution in [2.75, 3.05) is 46.0 Å². The summed E-state index contributed by atoms with van der Waals surface area (Å²) in [5, 5.41) is 13.0. The molecule has 2 unspecified atom stereocenters. The molecule has 4 rings (SSSR count). The number of carbonyl (C=O) groups excluding carboxylic acids is 1. The average molecular weight is 564 g/mol. The van der Waals surface area contributed by atoms with Crippen molar-refractivity contribution >= 4 is 5.91 Å². The number of nitrogens with zero attached hydrogens (tertiary/aromatic N) is 2. The van der Waals surface area contributed by atoms with Gasteiger partial charge in [-0.1, -0.05) is 0 Å². The Bertz CT molecular complexity index is 1150. The van der Waals surface area contributed by atoms with Crippen molar-refractivity contribution in [2.24, 2.45) is 0 Å². The molecule has 39 heavy (non-hydrogen) atoms. The van der Waals surface area contributed by atoms with Gasteiger partial charge in [-0.15, -0.1) is 0 Å². The number of benzene rings is 1.